The topological polar surface area (TPSA) is 21.3 Å². The summed E-state index contributed by atoms with van der Waals surface area (Å²) in [5, 5.41) is 3.55. The number of hydrogen-bond acceptors (Lipinski definition) is 2. The van der Waals surface area contributed by atoms with E-state index in [-0.39, 0.29) is 5.41 Å². The van der Waals surface area contributed by atoms with Gasteiger partial charge in [0, 0.05) is 19.7 Å². The Labute approximate surface area is 89.4 Å². The van der Waals surface area contributed by atoms with E-state index >= 15 is 0 Å². The van der Waals surface area contributed by atoms with Crippen molar-refractivity contribution in [3.8, 4) is 0 Å². The molecule has 0 radical (unpaired) electrons. The van der Waals surface area contributed by atoms with Crippen molar-refractivity contribution in [1.82, 2.24) is 5.32 Å². The van der Waals surface area contributed by atoms with Crippen LogP contribution in [0.5, 0.6) is 0 Å². The van der Waals surface area contributed by atoms with E-state index in [0.29, 0.717) is 12.1 Å². The number of ether oxygens (including phenoxy) is 1. The molecule has 0 fully saturated rings. The third kappa shape index (κ3) is 4.97. The standard InChI is InChI=1S/C12H27NO/c1-7-10(8-2)13-9-11(14-6)12(3,4)5/h10-11,13H,7-9H2,1-6H3. The van der Waals surface area contributed by atoms with Crippen LogP contribution in [0.1, 0.15) is 47.5 Å². The van der Waals surface area contributed by atoms with Gasteiger partial charge in [0.25, 0.3) is 0 Å². The van der Waals surface area contributed by atoms with Gasteiger partial charge in [0.15, 0.2) is 0 Å². The lowest BCUT2D eigenvalue weighted by molar-refractivity contribution is 0.0155. The molecule has 0 aromatic rings. The lowest BCUT2D eigenvalue weighted by atomic mass is 9.88. The molecule has 0 aliphatic rings. The van der Waals surface area contributed by atoms with E-state index in [4.69, 9.17) is 4.74 Å². The molecule has 86 valence electrons. The van der Waals surface area contributed by atoms with Gasteiger partial charge in [0.2, 0.25) is 0 Å². The van der Waals surface area contributed by atoms with Crippen molar-refractivity contribution in [1.29, 1.82) is 0 Å². The molecule has 0 heterocycles. The summed E-state index contributed by atoms with van der Waals surface area (Å²) in [7, 11) is 1.80. The van der Waals surface area contributed by atoms with E-state index in [0.717, 1.165) is 6.54 Å². The molecule has 2 heteroatoms. The molecule has 1 N–H and O–H groups in total. The van der Waals surface area contributed by atoms with Gasteiger partial charge in [0.05, 0.1) is 6.10 Å². The fourth-order valence-electron chi connectivity index (χ4n) is 1.59. The first-order valence-corrected chi connectivity index (χ1v) is 5.71. The maximum absolute atomic E-state index is 5.49. The van der Waals surface area contributed by atoms with E-state index in [1.807, 2.05) is 0 Å². The molecule has 0 spiro atoms. The van der Waals surface area contributed by atoms with Crippen LogP contribution >= 0.6 is 0 Å². The van der Waals surface area contributed by atoms with Gasteiger partial charge in [0.1, 0.15) is 0 Å². The molecular weight excluding hydrogens is 174 g/mol. The number of rotatable bonds is 6. The van der Waals surface area contributed by atoms with Crippen LogP contribution in [0.3, 0.4) is 0 Å². The first kappa shape index (κ1) is 13.9. The number of hydrogen-bond donors (Lipinski definition) is 1. The smallest absolute Gasteiger partial charge is 0.0743 e. The average molecular weight is 201 g/mol. The quantitative estimate of drug-likeness (QED) is 0.713. The van der Waals surface area contributed by atoms with Gasteiger partial charge in [-0.05, 0) is 18.3 Å². The van der Waals surface area contributed by atoms with Gasteiger partial charge in [-0.25, -0.2) is 0 Å². The molecular formula is C12H27NO. The SMILES string of the molecule is CCC(CC)NCC(OC)C(C)(C)C. The molecule has 0 rings (SSSR count). The van der Waals surface area contributed by atoms with Gasteiger partial charge < -0.3 is 10.1 Å². The van der Waals surface area contributed by atoms with Crippen molar-refractivity contribution >= 4 is 0 Å². The van der Waals surface area contributed by atoms with Crippen molar-refractivity contribution in [2.45, 2.75) is 59.6 Å². The van der Waals surface area contributed by atoms with Crippen LogP contribution in [0.25, 0.3) is 0 Å². The summed E-state index contributed by atoms with van der Waals surface area (Å²) in [4.78, 5) is 0. The van der Waals surface area contributed by atoms with Crippen LogP contribution in [-0.2, 0) is 4.74 Å². The van der Waals surface area contributed by atoms with Gasteiger partial charge in [-0.15, -0.1) is 0 Å². The highest BCUT2D eigenvalue weighted by Crippen LogP contribution is 2.21. The largest absolute Gasteiger partial charge is 0.380 e. The van der Waals surface area contributed by atoms with Crippen LogP contribution in [0.15, 0.2) is 0 Å². The summed E-state index contributed by atoms with van der Waals surface area (Å²) in [6.45, 7) is 12.0. The van der Waals surface area contributed by atoms with Gasteiger partial charge >= 0.3 is 0 Å². The molecule has 0 saturated carbocycles. The van der Waals surface area contributed by atoms with E-state index in [1.165, 1.54) is 12.8 Å². The molecule has 0 aromatic heterocycles. The summed E-state index contributed by atoms with van der Waals surface area (Å²) in [5.74, 6) is 0. The number of nitrogens with one attached hydrogen (secondary N) is 1. The highest BCUT2D eigenvalue weighted by Gasteiger charge is 2.24. The minimum absolute atomic E-state index is 0.216. The molecule has 0 bridgehead atoms. The summed E-state index contributed by atoms with van der Waals surface area (Å²) in [6.07, 6.45) is 2.68. The Balaban J connectivity index is 3.95. The van der Waals surface area contributed by atoms with Crippen molar-refractivity contribution in [3.63, 3.8) is 0 Å². The normalized spacial score (nSPS) is 14.8. The maximum atomic E-state index is 5.49. The lowest BCUT2D eigenvalue weighted by Gasteiger charge is -2.31. The Hall–Kier alpha value is -0.0800. The molecule has 1 unspecified atom stereocenters. The second-order valence-electron chi connectivity index (χ2n) is 5.01. The second kappa shape index (κ2) is 6.41. The molecule has 0 aromatic carbocycles. The monoisotopic (exact) mass is 201 g/mol. The van der Waals surface area contributed by atoms with Crippen LogP contribution in [-0.4, -0.2) is 25.8 Å². The van der Waals surface area contributed by atoms with E-state index < -0.39 is 0 Å². The third-order valence-corrected chi connectivity index (χ3v) is 2.83. The van der Waals surface area contributed by atoms with E-state index in [9.17, 15) is 0 Å². The maximum Gasteiger partial charge on any atom is 0.0743 e. The summed E-state index contributed by atoms with van der Waals surface area (Å²) >= 11 is 0. The van der Waals surface area contributed by atoms with Crippen molar-refractivity contribution < 1.29 is 4.74 Å². The Morgan fingerprint density at radius 3 is 1.93 bits per heavy atom. The zero-order valence-electron chi connectivity index (χ0n) is 10.7. The van der Waals surface area contributed by atoms with Crippen LogP contribution < -0.4 is 5.32 Å². The van der Waals surface area contributed by atoms with Crippen molar-refractivity contribution in [2.24, 2.45) is 5.41 Å². The Morgan fingerprint density at radius 1 is 1.14 bits per heavy atom. The Kier molecular flexibility index (Phi) is 6.38. The van der Waals surface area contributed by atoms with E-state index in [1.54, 1.807) is 7.11 Å². The summed E-state index contributed by atoms with van der Waals surface area (Å²) < 4.78 is 5.49. The second-order valence-corrected chi connectivity index (χ2v) is 5.01. The fourth-order valence-corrected chi connectivity index (χ4v) is 1.59. The zero-order valence-corrected chi connectivity index (χ0v) is 10.7. The molecule has 0 aliphatic heterocycles. The van der Waals surface area contributed by atoms with Crippen molar-refractivity contribution in [3.05, 3.63) is 0 Å². The minimum Gasteiger partial charge on any atom is -0.380 e. The highest BCUT2D eigenvalue weighted by molar-refractivity contribution is 4.78. The predicted octanol–water partition coefficient (Wildman–Crippen LogP) is 2.83. The van der Waals surface area contributed by atoms with Crippen LogP contribution in [0.4, 0.5) is 0 Å². The average Bonchev–Trinajstić information content (AvgIpc) is 2.10. The van der Waals surface area contributed by atoms with Crippen molar-refractivity contribution in [2.75, 3.05) is 13.7 Å². The van der Waals surface area contributed by atoms with E-state index in [2.05, 4.69) is 39.9 Å². The summed E-state index contributed by atoms with van der Waals surface area (Å²) in [5.41, 5.74) is 0.216. The van der Waals surface area contributed by atoms with Gasteiger partial charge in [-0.2, -0.15) is 0 Å². The summed E-state index contributed by atoms with van der Waals surface area (Å²) in [6, 6.07) is 0.634. The van der Waals surface area contributed by atoms with Gasteiger partial charge in [-0.1, -0.05) is 34.6 Å². The third-order valence-electron chi connectivity index (χ3n) is 2.83. The predicted molar refractivity (Wildman–Crippen MR) is 62.6 cm³/mol. The van der Waals surface area contributed by atoms with Gasteiger partial charge in [-0.3, -0.25) is 0 Å². The highest BCUT2D eigenvalue weighted by atomic mass is 16.5. The minimum atomic E-state index is 0.216. The Bertz CT molecular complexity index is 136. The first-order valence-electron chi connectivity index (χ1n) is 5.71. The van der Waals surface area contributed by atoms with Crippen LogP contribution in [0.2, 0.25) is 0 Å². The lowest BCUT2D eigenvalue weighted by Crippen LogP contribution is -2.41. The fraction of sp³-hybridized carbons (Fsp3) is 1.00. The molecule has 0 saturated heterocycles. The van der Waals surface area contributed by atoms with Crippen LogP contribution in [0, 0.1) is 5.41 Å². The molecule has 14 heavy (non-hydrogen) atoms. The zero-order chi connectivity index (χ0) is 11.2. The number of methoxy groups -OCH3 is 1. The molecule has 1 atom stereocenters. The molecule has 2 nitrogen and oxygen atoms in total. The Morgan fingerprint density at radius 2 is 1.64 bits per heavy atom. The molecule has 0 aliphatic carbocycles. The molecule has 0 amide bonds. The first-order chi connectivity index (χ1) is 6.45.